The first-order chi connectivity index (χ1) is 11.4. The van der Waals surface area contributed by atoms with Crippen LogP contribution in [0.5, 0.6) is 0 Å². The molecule has 0 N–H and O–H groups in total. The van der Waals surface area contributed by atoms with Gasteiger partial charge in [-0.25, -0.2) is 4.79 Å². The van der Waals surface area contributed by atoms with Crippen molar-refractivity contribution in [3.05, 3.63) is 73.7 Å². The van der Waals surface area contributed by atoms with Gasteiger partial charge in [-0.3, -0.25) is 14.9 Å². The molecule has 0 bridgehead atoms. The van der Waals surface area contributed by atoms with Gasteiger partial charge in [-0.15, -0.1) is 0 Å². The van der Waals surface area contributed by atoms with Gasteiger partial charge in [-0.2, -0.15) is 0 Å². The van der Waals surface area contributed by atoms with Crippen LogP contribution in [-0.2, 0) is 17.7 Å². The Hall–Kier alpha value is -2.96. The van der Waals surface area contributed by atoms with Gasteiger partial charge in [0.2, 0.25) is 0 Å². The Morgan fingerprint density at radius 3 is 2.67 bits per heavy atom. The second-order valence-corrected chi connectivity index (χ2v) is 5.39. The Morgan fingerprint density at radius 2 is 2.04 bits per heavy atom. The average molecular weight is 330 g/mol. The van der Waals surface area contributed by atoms with Gasteiger partial charge in [-0.1, -0.05) is 24.3 Å². The lowest BCUT2D eigenvalue weighted by atomic mass is 10.0. The summed E-state index contributed by atoms with van der Waals surface area (Å²) >= 11 is 0. The third kappa shape index (κ3) is 3.87. The van der Waals surface area contributed by atoms with Crippen LogP contribution >= 0.6 is 0 Å². The molecule has 0 fully saturated rings. The minimum atomic E-state index is -0.878. The SMILES string of the molecule is COC(=O)c1cc([N+](=O)[O-])cn(CCCc2ccccc2C)c1=O. The highest BCUT2D eigenvalue weighted by molar-refractivity contribution is 5.89. The second-order valence-electron chi connectivity index (χ2n) is 5.39. The van der Waals surface area contributed by atoms with E-state index >= 15 is 0 Å². The summed E-state index contributed by atoms with van der Waals surface area (Å²) in [6.07, 6.45) is 2.51. The number of nitro groups is 1. The van der Waals surface area contributed by atoms with E-state index in [9.17, 15) is 19.7 Å². The van der Waals surface area contributed by atoms with Crippen molar-refractivity contribution in [1.82, 2.24) is 4.57 Å². The highest BCUT2D eigenvalue weighted by Crippen LogP contribution is 2.13. The smallest absolute Gasteiger partial charge is 0.343 e. The van der Waals surface area contributed by atoms with Crippen molar-refractivity contribution in [2.24, 2.45) is 0 Å². The van der Waals surface area contributed by atoms with Gasteiger partial charge in [0.05, 0.1) is 18.2 Å². The van der Waals surface area contributed by atoms with Crippen molar-refractivity contribution in [3.8, 4) is 0 Å². The van der Waals surface area contributed by atoms with E-state index in [1.165, 1.54) is 4.57 Å². The van der Waals surface area contributed by atoms with Crippen LogP contribution in [-0.4, -0.2) is 22.6 Å². The number of hydrogen-bond acceptors (Lipinski definition) is 5. The molecule has 0 atom stereocenters. The van der Waals surface area contributed by atoms with Gasteiger partial charge in [0, 0.05) is 12.6 Å². The number of carbonyl (C=O) groups is 1. The number of aryl methyl sites for hydroxylation is 3. The Kier molecular flexibility index (Phi) is 5.47. The van der Waals surface area contributed by atoms with Gasteiger partial charge in [-0.05, 0) is 30.9 Å². The molecule has 0 aliphatic rings. The lowest BCUT2D eigenvalue weighted by molar-refractivity contribution is -0.385. The van der Waals surface area contributed by atoms with Crippen molar-refractivity contribution in [1.29, 1.82) is 0 Å². The Morgan fingerprint density at radius 1 is 1.33 bits per heavy atom. The second kappa shape index (κ2) is 7.54. The molecule has 0 spiro atoms. The largest absolute Gasteiger partial charge is 0.465 e. The summed E-state index contributed by atoms with van der Waals surface area (Å²) in [7, 11) is 1.13. The molecule has 7 nitrogen and oxygen atoms in total. The zero-order chi connectivity index (χ0) is 17.7. The predicted octanol–water partition coefficient (Wildman–Crippen LogP) is 2.48. The number of esters is 1. The van der Waals surface area contributed by atoms with Crippen molar-refractivity contribution >= 4 is 11.7 Å². The molecule has 0 saturated heterocycles. The van der Waals surface area contributed by atoms with Crippen LogP contribution in [0, 0.1) is 17.0 Å². The highest BCUT2D eigenvalue weighted by Gasteiger charge is 2.19. The van der Waals surface area contributed by atoms with Crippen LogP contribution in [0.1, 0.15) is 27.9 Å². The number of carbonyl (C=O) groups excluding carboxylic acids is 1. The van der Waals surface area contributed by atoms with E-state index in [4.69, 9.17) is 0 Å². The Labute approximate surface area is 138 Å². The Balaban J connectivity index is 2.24. The number of methoxy groups -OCH3 is 1. The van der Waals surface area contributed by atoms with Crippen LogP contribution in [0.2, 0.25) is 0 Å². The van der Waals surface area contributed by atoms with Crippen LogP contribution in [0.4, 0.5) is 5.69 Å². The van der Waals surface area contributed by atoms with Crippen LogP contribution in [0.25, 0.3) is 0 Å². The van der Waals surface area contributed by atoms with Crippen molar-refractivity contribution < 1.29 is 14.5 Å². The highest BCUT2D eigenvalue weighted by atomic mass is 16.6. The number of hydrogen-bond donors (Lipinski definition) is 0. The monoisotopic (exact) mass is 330 g/mol. The molecule has 0 unspecified atom stereocenters. The van der Waals surface area contributed by atoms with Gasteiger partial charge >= 0.3 is 5.97 Å². The minimum absolute atomic E-state index is 0.277. The molecule has 126 valence electrons. The molecule has 0 aliphatic carbocycles. The summed E-state index contributed by atoms with van der Waals surface area (Å²) in [5, 5.41) is 11.0. The fraction of sp³-hybridized carbons (Fsp3) is 0.294. The first-order valence-corrected chi connectivity index (χ1v) is 7.45. The summed E-state index contributed by atoms with van der Waals surface area (Å²) in [5.41, 5.74) is 1.08. The van der Waals surface area contributed by atoms with Gasteiger partial charge in [0.25, 0.3) is 11.2 Å². The maximum absolute atomic E-state index is 12.3. The molecule has 0 radical (unpaired) electrons. The summed E-state index contributed by atoms with van der Waals surface area (Å²) in [5.74, 6) is -0.878. The number of aromatic nitrogens is 1. The third-order valence-electron chi connectivity index (χ3n) is 3.79. The lowest BCUT2D eigenvalue weighted by Crippen LogP contribution is -2.27. The molecule has 7 heteroatoms. The fourth-order valence-corrected chi connectivity index (χ4v) is 2.47. The summed E-state index contributed by atoms with van der Waals surface area (Å²) in [6.45, 7) is 2.28. The third-order valence-corrected chi connectivity index (χ3v) is 3.79. The molecule has 0 aliphatic heterocycles. The van der Waals surface area contributed by atoms with Crippen LogP contribution in [0.15, 0.2) is 41.3 Å². The van der Waals surface area contributed by atoms with E-state index in [1.807, 2.05) is 31.2 Å². The molecule has 1 aromatic heterocycles. The maximum atomic E-state index is 12.3. The normalized spacial score (nSPS) is 10.4. The van der Waals surface area contributed by atoms with E-state index in [-0.39, 0.29) is 17.8 Å². The fourth-order valence-electron chi connectivity index (χ4n) is 2.47. The van der Waals surface area contributed by atoms with E-state index in [0.29, 0.717) is 6.42 Å². The summed E-state index contributed by atoms with van der Waals surface area (Å²) < 4.78 is 5.72. The topological polar surface area (TPSA) is 91.4 Å². The quantitative estimate of drug-likeness (QED) is 0.461. The van der Waals surface area contributed by atoms with Crippen molar-refractivity contribution in [3.63, 3.8) is 0 Å². The standard InChI is InChI=1S/C17H18N2O5/c1-12-6-3-4-7-13(12)8-5-9-18-11-14(19(22)23)10-15(16(18)20)17(21)24-2/h3-4,6-7,10-11H,5,8-9H2,1-2H3. The number of benzene rings is 1. The van der Waals surface area contributed by atoms with Crippen molar-refractivity contribution in [2.45, 2.75) is 26.3 Å². The molecule has 24 heavy (non-hydrogen) atoms. The van der Waals surface area contributed by atoms with Crippen LogP contribution < -0.4 is 5.56 Å². The lowest BCUT2D eigenvalue weighted by Gasteiger charge is -2.09. The molecule has 1 aromatic carbocycles. The first kappa shape index (κ1) is 17.4. The van der Waals surface area contributed by atoms with Crippen molar-refractivity contribution in [2.75, 3.05) is 7.11 Å². The predicted molar refractivity (Wildman–Crippen MR) is 88.2 cm³/mol. The zero-order valence-corrected chi connectivity index (χ0v) is 13.5. The molecular formula is C17H18N2O5. The van der Waals surface area contributed by atoms with Gasteiger partial charge in [0.1, 0.15) is 5.56 Å². The number of pyridine rings is 1. The molecule has 0 saturated carbocycles. The summed E-state index contributed by atoms with van der Waals surface area (Å²) in [4.78, 5) is 34.3. The average Bonchev–Trinajstić information content (AvgIpc) is 2.57. The van der Waals surface area contributed by atoms with E-state index in [0.717, 1.165) is 36.9 Å². The maximum Gasteiger partial charge on any atom is 0.343 e. The summed E-state index contributed by atoms with van der Waals surface area (Å²) in [6, 6.07) is 8.85. The van der Waals surface area contributed by atoms with Gasteiger partial charge in [0.15, 0.2) is 0 Å². The van der Waals surface area contributed by atoms with Gasteiger partial charge < -0.3 is 9.30 Å². The Bertz CT molecular complexity index is 826. The molecule has 2 rings (SSSR count). The number of nitrogens with zero attached hydrogens (tertiary/aromatic N) is 2. The van der Waals surface area contributed by atoms with E-state index in [2.05, 4.69) is 4.74 Å². The molecule has 1 heterocycles. The van der Waals surface area contributed by atoms with Crippen LogP contribution in [0.3, 0.4) is 0 Å². The number of ether oxygens (including phenoxy) is 1. The van der Waals surface area contributed by atoms with E-state index in [1.54, 1.807) is 0 Å². The molecule has 2 aromatic rings. The molecule has 0 amide bonds. The first-order valence-electron chi connectivity index (χ1n) is 7.45. The zero-order valence-electron chi connectivity index (χ0n) is 13.5. The number of rotatable bonds is 6. The van der Waals surface area contributed by atoms with E-state index < -0.39 is 16.5 Å². The minimum Gasteiger partial charge on any atom is -0.465 e. The molecular weight excluding hydrogens is 312 g/mol.